The van der Waals surface area contributed by atoms with Crippen molar-refractivity contribution in [2.75, 3.05) is 0 Å². The number of nitriles is 1. The van der Waals surface area contributed by atoms with E-state index in [0.29, 0.717) is 9.13 Å². The van der Waals surface area contributed by atoms with Crippen LogP contribution in [0.3, 0.4) is 0 Å². The highest BCUT2D eigenvalue weighted by atomic mass is 127. The molecule has 2 N–H and O–H groups in total. The van der Waals surface area contributed by atoms with Crippen LogP contribution in [0.1, 0.15) is 11.1 Å². The maximum atomic E-state index is 10.3. The van der Waals surface area contributed by atoms with Crippen LogP contribution in [0.5, 0.6) is 5.75 Å². The van der Waals surface area contributed by atoms with E-state index in [1.807, 2.05) is 28.7 Å². The van der Waals surface area contributed by atoms with Gasteiger partial charge in [0.25, 0.3) is 0 Å². The molecule has 0 fully saturated rings. The summed E-state index contributed by atoms with van der Waals surface area (Å²) in [6.45, 7) is 0. The van der Waals surface area contributed by atoms with E-state index in [9.17, 15) is 9.90 Å². The van der Waals surface area contributed by atoms with Gasteiger partial charge in [-0.15, -0.1) is 0 Å². The number of carbonyl (C=O) groups is 1. The largest absolute Gasteiger partial charge is 0.507 e. The molecule has 4 nitrogen and oxygen atoms in total. The minimum absolute atomic E-state index is 0.0135. The first-order chi connectivity index (χ1) is 7.06. The zero-order valence-electron chi connectivity index (χ0n) is 7.44. The van der Waals surface area contributed by atoms with Crippen molar-refractivity contribution in [2.24, 2.45) is 0 Å². The molecule has 0 unspecified atom stereocenters. The Labute approximate surface area is 99.6 Å². The Morgan fingerprint density at radius 1 is 1.53 bits per heavy atom. The first-order valence-electron chi connectivity index (χ1n) is 3.89. The summed E-state index contributed by atoms with van der Waals surface area (Å²) in [6, 6.07) is 4.83. The van der Waals surface area contributed by atoms with Crippen LogP contribution in [0, 0.1) is 14.9 Å². The Hall–Kier alpha value is -1.55. The first-order valence-corrected chi connectivity index (χ1v) is 4.96. The second-order valence-corrected chi connectivity index (χ2v) is 3.73. The smallest absolute Gasteiger partial charge is 0.328 e. The Bertz CT molecular complexity index is 474. The molecule has 1 rings (SSSR count). The summed E-state index contributed by atoms with van der Waals surface area (Å²) in [5, 5.41) is 26.6. The van der Waals surface area contributed by atoms with Gasteiger partial charge >= 0.3 is 5.97 Å². The number of hydrogen-bond acceptors (Lipinski definition) is 3. The quantitative estimate of drug-likeness (QED) is 0.646. The number of phenolic OH excluding ortho intramolecular Hbond substituents is 1. The molecule has 76 valence electrons. The molecule has 1 aromatic carbocycles. The third-order valence-electron chi connectivity index (χ3n) is 1.67. The third-order valence-corrected chi connectivity index (χ3v) is 2.76. The van der Waals surface area contributed by atoms with Crippen molar-refractivity contribution in [3.05, 3.63) is 32.9 Å². The summed E-state index contributed by atoms with van der Waals surface area (Å²) in [5.74, 6) is -1.07. The Morgan fingerprint density at radius 3 is 2.73 bits per heavy atom. The number of phenols is 1. The second-order valence-electron chi connectivity index (χ2n) is 2.65. The normalized spacial score (nSPS) is 10.1. The van der Waals surface area contributed by atoms with E-state index < -0.39 is 5.97 Å². The minimum Gasteiger partial charge on any atom is -0.507 e. The number of carboxylic acid groups (broad SMARTS) is 1. The van der Waals surface area contributed by atoms with Crippen LogP contribution >= 0.6 is 22.6 Å². The summed E-state index contributed by atoms with van der Waals surface area (Å²) in [6.07, 6.45) is 2.27. The van der Waals surface area contributed by atoms with Gasteiger partial charge in [0, 0.05) is 6.08 Å². The molecule has 0 atom stereocenters. The van der Waals surface area contributed by atoms with Crippen LogP contribution in [0.25, 0.3) is 6.08 Å². The zero-order valence-corrected chi connectivity index (χ0v) is 9.59. The predicted octanol–water partition coefficient (Wildman–Crippen LogP) is 1.97. The molecular formula is C10H6INO3. The SMILES string of the molecule is N#Cc1c(C=CC(=O)O)ccc(O)c1I. The lowest BCUT2D eigenvalue weighted by atomic mass is 10.1. The van der Waals surface area contributed by atoms with Gasteiger partial charge < -0.3 is 10.2 Å². The van der Waals surface area contributed by atoms with Gasteiger partial charge in [0.05, 0.1) is 9.13 Å². The van der Waals surface area contributed by atoms with Crippen LogP contribution in [0.15, 0.2) is 18.2 Å². The van der Waals surface area contributed by atoms with Crippen molar-refractivity contribution in [2.45, 2.75) is 0 Å². The molecular weight excluding hydrogens is 309 g/mol. The van der Waals surface area contributed by atoms with Crippen molar-refractivity contribution in [3.8, 4) is 11.8 Å². The average Bonchev–Trinajstić information content (AvgIpc) is 2.19. The van der Waals surface area contributed by atoms with Crippen LogP contribution < -0.4 is 0 Å². The monoisotopic (exact) mass is 315 g/mol. The highest BCUT2D eigenvalue weighted by Crippen LogP contribution is 2.26. The second kappa shape index (κ2) is 4.79. The summed E-state index contributed by atoms with van der Waals surface area (Å²) in [5.41, 5.74) is 0.746. The van der Waals surface area contributed by atoms with Crippen molar-refractivity contribution < 1.29 is 15.0 Å². The number of nitrogens with zero attached hydrogens (tertiary/aromatic N) is 1. The lowest BCUT2D eigenvalue weighted by molar-refractivity contribution is -0.131. The van der Waals surface area contributed by atoms with E-state index in [1.54, 1.807) is 0 Å². The van der Waals surface area contributed by atoms with Crippen LogP contribution in [0.2, 0.25) is 0 Å². The Balaban J connectivity index is 3.27. The fourth-order valence-corrected chi connectivity index (χ4v) is 1.61. The van der Waals surface area contributed by atoms with Gasteiger partial charge in [-0.25, -0.2) is 4.79 Å². The van der Waals surface area contributed by atoms with E-state index >= 15 is 0 Å². The zero-order chi connectivity index (χ0) is 11.4. The van der Waals surface area contributed by atoms with E-state index in [-0.39, 0.29) is 11.3 Å². The van der Waals surface area contributed by atoms with Crippen LogP contribution in [-0.2, 0) is 4.79 Å². The molecule has 0 amide bonds. The lowest BCUT2D eigenvalue weighted by Gasteiger charge is -2.02. The standard InChI is InChI=1S/C10H6INO3/c11-10-7(5-12)6(1-3-8(10)13)2-4-9(14)15/h1-4,13H,(H,14,15). The van der Waals surface area contributed by atoms with Crippen molar-refractivity contribution in [1.29, 1.82) is 5.26 Å². The summed E-state index contributed by atoms with van der Waals surface area (Å²) in [7, 11) is 0. The molecule has 15 heavy (non-hydrogen) atoms. The van der Waals surface area contributed by atoms with E-state index in [1.165, 1.54) is 18.2 Å². The molecule has 1 aromatic rings. The first kappa shape index (κ1) is 11.5. The van der Waals surface area contributed by atoms with Gasteiger partial charge in [-0.2, -0.15) is 5.26 Å². The highest BCUT2D eigenvalue weighted by Gasteiger charge is 2.08. The predicted molar refractivity (Wildman–Crippen MR) is 62.2 cm³/mol. The third kappa shape index (κ3) is 2.70. The number of hydrogen-bond donors (Lipinski definition) is 2. The molecule has 0 saturated heterocycles. The lowest BCUT2D eigenvalue weighted by Crippen LogP contribution is -1.90. The minimum atomic E-state index is -1.08. The van der Waals surface area contributed by atoms with E-state index in [4.69, 9.17) is 10.4 Å². The molecule has 0 heterocycles. The number of benzene rings is 1. The fraction of sp³-hybridized carbons (Fsp3) is 0. The molecule has 0 aliphatic heterocycles. The van der Waals surface area contributed by atoms with Gasteiger partial charge in [-0.3, -0.25) is 0 Å². The molecule has 0 bridgehead atoms. The van der Waals surface area contributed by atoms with E-state index in [2.05, 4.69) is 0 Å². The molecule has 0 aliphatic rings. The fourth-order valence-electron chi connectivity index (χ4n) is 0.994. The summed E-state index contributed by atoms with van der Waals surface area (Å²) in [4.78, 5) is 10.3. The molecule has 0 aromatic heterocycles. The molecule has 0 aliphatic carbocycles. The van der Waals surface area contributed by atoms with Crippen LogP contribution in [0.4, 0.5) is 0 Å². The molecule has 0 spiro atoms. The number of aliphatic carboxylic acids is 1. The number of carboxylic acids is 1. The van der Waals surface area contributed by atoms with Gasteiger partial charge in [-0.05, 0) is 46.4 Å². The van der Waals surface area contributed by atoms with Gasteiger partial charge in [-0.1, -0.05) is 0 Å². The molecule has 0 saturated carbocycles. The Kier molecular flexibility index (Phi) is 3.68. The van der Waals surface area contributed by atoms with Crippen molar-refractivity contribution in [1.82, 2.24) is 0 Å². The molecule has 0 radical (unpaired) electrons. The van der Waals surface area contributed by atoms with Gasteiger partial charge in [0.2, 0.25) is 0 Å². The number of rotatable bonds is 2. The van der Waals surface area contributed by atoms with Crippen molar-refractivity contribution in [3.63, 3.8) is 0 Å². The van der Waals surface area contributed by atoms with E-state index in [0.717, 1.165) is 6.08 Å². The Morgan fingerprint density at radius 2 is 2.20 bits per heavy atom. The maximum absolute atomic E-state index is 10.3. The highest BCUT2D eigenvalue weighted by molar-refractivity contribution is 14.1. The van der Waals surface area contributed by atoms with Crippen LogP contribution in [-0.4, -0.2) is 16.2 Å². The number of halogens is 1. The average molecular weight is 315 g/mol. The topological polar surface area (TPSA) is 81.3 Å². The molecule has 5 heteroatoms. The van der Waals surface area contributed by atoms with Gasteiger partial charge in [0.1, 0.15) is 11.8 Å². The summed E-state index contributed by atoms with van der Waals surface area (Å²) < 4.78 is 0.419. The van der Waals surface area contributed by atoms with Gasteiger partial charge in [0.15, 0.2) is 0 Å². The maximum Gasteiger partial charge on any atom is 0.328 e. The van der Waals surface area contributed by atoms with Crippen molar-refractivity contribution >= 4 is 34.6 Å². The number of aromatic hydroxyl groups is 1. The summed E-state index contributed by atoms with van der Waals surface area (Å²) >= 11 is 1.83.